The van der Waals surface area contributed by atoms with Crippen LogP contribution in [-0.4, -0.2) is 119 Å². The van der Waals surface area contributed by atoms with Gasteiger partial charge in [0.2, 0.25) is 0 Å². The molecule has 70 heavy (non-hydrogen) atoms. The standard InChI is InChI=1S/C22H23ClFN5O4.C19H16ClFN4O3.C3H9NO2.2CH4.Li/c1-29(2)20-19(8-15(21(32)28-20)14-7-12(23)3-4-17(14)24)27-18-5-6-25-9-16(18)22(33)26-13(10-30)11-31;1-25(2)17-16(23-15-5-6-22-9-13(15)19(27)28)8-12(18(26)24-17)11-7-10(20)3-4-14(11)21;4-3(1-5)2-6;;;/h3-9,13,30-31H,10-11H2,1-2H3,(H,25,27)(H,26,33)(H,28,32);3-9H,1-2H3,(H,22,23)(H,24,26)(H,27,28);3,5-6H,1-2,4H2;2*1H4;/q;;;;;+1/p-1. The number of hydrogen-bond acceptors (Lipinski definition) is 16. The van der Waals surface area contributed by atoms with Gasteiger partial charge in [-0.3, -0.25) is 24.4 Å². The van der Waals surface area contributed by atoms with Crippen LogP contribution < -0.4 is 66.6 Å². The number of H-pyrrole nitrogens is 2. The molecule has 1 amide bonds. The van der Waals surface area contributed by atoms with Crippen molar-refractivity contribution in [2.45, 2.75) is 26.9 Å². The van der Waals surface area contributed by atoms with Gasteiger partial charge in [0.15, 0.2) is 0 Å². The zero-order valence-electron chi connectivity index (χ0n) is 37.3. The van der Waals surface area contributed by atoms with E-state index in [4.69, 9.17) is 39.1 Å². The number of nitrogens with one attached hydrogen (secondary N) is 5. The summed E-state index contributed by atoms with van der Waals surface area (Å²) >= 11 is 11.9. The topological polar surface area (TPSA) is 298 Å². The summed E-state index contributed by atoms with van der Waals surface area (Å²) < 4.78 is 28.8. The predicted octanol–water partition coefficient (Wildman–Crippen LogP) is 1.10. The molecule has 24 heteroatoms. The minimum absolute atomic E-state index is 0. The van der Waals surface area contributed by atoms with E-state index < -0.39 is 59.9 Å². The van der Waals surface area contributed by atoms with E-state index in [1.807, 2.05) is 0 Å². The number of carbonyl (C=O) groups is 2. The Balaban J connectivity index is 0.000000608. The van der Waals surface area contributed by atoms with Gasteiger partial charge in [0.25, 0.3) is 17.0 Å². The molecule has 0 atom stereocenters. The second kappa shape index (κ2) is 29.0. The van der Waals surface area contributed by atoms with Crippen LogP contribution in [-0.2, 0) is 0 Å². The molecule has 4 aromatic heterocycles. The van der Waals surface area contributed by atoms with Crippen molar-refractivity contribution in [3.05, 3.63) is 139 Å². The third-order valence-corrected chi connectivity index (χ3v) is 9.73. The van der Waals surface area contributed by atoms with Gasteiger partial charge in [-0.2, -0.15) is 0 Å². The van der Waals surface area contributed by atoms with Crippen molar-refractivity contribution in [2.24, 2.45) is 5.73 Å². The number of rotatable bonds is 15. The molecule has 0 aliphatic heterocycles. The molecule has 0 aliphatic rings. The van der Waals surface area contributed by atoms with Gasteiger partial charge < -0.3 is 71.8 Å². The third kappa shape index (κ3) is 16.4. The molecule has 0 saturated heterocycles. The normalized spacial score (nSPS) is 10.2. The van der Waals surface area contributed by atoms with E-state index >= 15 is 0 Å². The number of carbonyl (C=O) groups excluding carboxylic acids is 2. The number of carboxylic acids is 1. The number of pyridine rings is 4. The van der Waals surface area contributed by atoms with Crippen molar-refractivity contribution >= 4 is 69.5 Å². The first-order chi connectivity index (χ1) is 31.8. The van der Waals surface area contributed by atoms with E-state index in [0.29, 0.717) is 28.7 Å². The molecule has 19 nitrogen and oxygen atoms in total. The maximum atomic E-state index is 14.5. The molecule has 0 aliphatic carbocycles. The summed E-state index contributed by atoms with van der Waals surface area (Å²) in [5, 5.41) is 55.0. The maximum absolute atomic E-state index is 14.5. The van der Waals surface area contributed by atoms with Gasteiger partial charge in [-0.15, -0.1) is 0 Å². The van der Waals surface area contributed by atoms with E-state index in [9.17, 15) is 43.3 Å². The predicted molar refractivity (Wildman–Crippen MR) is 264 cm³/mol. The van der Waals surface area contributed by atoms with Gasteiger partial charge in [-0.25, -0.2) is 8.78 Å². The summed E-state index contributed by atoms with van der Waals surface area (Å²) in [6.45, 7) is -1.16. The Morgan fingerprint density at radius 3 is 1.43 bits per heavy atom. The monoisotopic (exact) mass is 1010 g/mol. The first-order valence-corrected chi connectivity index (χ1v) is 20.5. The van der Waals surface area contributed by atoms with Gasteiger partial charge in [0.1, 0.15) is 23.3 Å². The zero-order chi connectivity index (χ0) is 49.5. The average molecular weight is 1010 g/mol. The first kappa shape index (κ1) is 61.6. The van der Waals surface area contributed by atoms with Crippen molar-refractivity contribution in [1.82, 2.24) is 25.3 Å². The van der Waals surface area contributed by atoms with Crippen molar-refractivity contribution in [3.8, 4) is 22.3 Å². The van der Waals surface area contributed by atoms with Crippen LogP contribution >= 0.6 is 23.2 Å². The summed E-state index contributed by atoms with van der Waals surface area (Å²) in [5.41, 5.74) is 5.33. The van der Waals surface area contributed by atoms with Gasteiger partial charge in [-0.05, 0) is 60.7 Å². The second-order valence-corrected chi connectivity index (χ2v) is 15.5. The zero-order valence-corrected chi connectivity index (χ0v) is 38.8. The largest absolute Gasteiger partial charge is 1.00 e. The van der Waals surface area contributed by atoms with Crippen LogP contribution in [0.4, 0.5) is 43.2 Å². The van der Waals surface area contributed by atoms with Gasteiger partial charge in [0.05, 0.1) is 83.9 Å². The van der Waals surface area contributed by atoms with Crippen LogP contribution in [0.25, 0.3) is 22.3 Å². The number of aliphatic hydroxyl groups is 4. The quantitative estimate of drug-likeness (QED) is 0.0645. The molecule has 0 radical (unpaired) electrons. The van der Waals surface area contributed by atoms with Crippen molar-refractivity contribution in [1.29, 1.82) is 0 Å². The fourth-order valence-electron chi connectivity index (χ4n) is 5.86. The molecule has 6 rings (SSSR count). The van der Waals surface area contributed by atoms with Gasteiger partial charge in [0, 0.05) is 79.7 Å². The molecule has 2 aromatic carbocycles. The fourth-order valence-corrected chi connectivity index (χ4v) is 6.20. The van der Waals surface area contributed by atoms with Gasteiger partial charge >= 0.3 is 18.9 Å². The number of nitrogens with two attached hydrogens (primary N) is 1. The van der Waals surface area contributed by atoms with E-state index in [2.05, 4.69) is 35.9 Å². The molecule has 0 saturated carbocycles. The number of nitrogens with zero attached hydrogens (tertiary/aromatic N) is 4. The molecular weight excluding hydrogens is 952 g/mol. The SMILES string of the molecule is C.C.CN(C)c1[nH]c(=O)c(-c2cc(Cl)ccc2F)cc1Nc1ccncc1C(=O)NC(CO)CO.CN(C)c1[nH]c(=O)c(-c2cc(Cl)ccc2F)cc1Nc1ccncc1C(=O)[O-].NC(CO)CO.[Li+]. The number of hydrogen-bond donors (Lipinski definition) is 10. The number of aliphatic hydroxyl groups excluding tert-OH is 4. The van der Waals surface area contributed by atoms with E-state index in [1.54, 1.807) is 44.1 Å². The van der Waals surface area contributed by atoms with Crippen molar-refractivity contribution < 1.29 is 62.8 Å². The maximum Gasteiger partial charge on any atom is 1.00 e. The minimum atomic E-state index is -1.41. The molecule has 0 unspecified atom stereocenters. The van der Waals surface area contributed by atoms with Crippen LogP contribution in [0.3, 0.4) is 0 Å². The number of carboxylic acid groups (broad SMARTS) is 1. The molecule has 0 bridgehead atoms. The Morgan fingerprint density at radius 1 is 0.671 bits per heavy atom. The number of anilines is 6. The van der Waals surface area contributed by atoms with Crippen LogP contribution in [0.2, 0.25) is 10.0 Å². The van der Waals surface area contributed by atoms with Crippen LogP contribution in [0.1, 0.15) is 35.6 Å². The van der Waals surface area contributed by atoms with Crippen LogP contribution in [0, 0.1) is 11.6 Å². The number of aromatic amines is 2. The summed E-state index contributed by atoms with van der Waals surface area (Å²) in [7, 11) is 6.82. The molecule has 11 N–H and O–H groups in total. The molecular formula is C46H55Cl2F2LiN10O9. The average Bonchev–Trinajstić information content (AvgIpc) is 3.30. The van der Waals surface area contributed by atoms with Crippen molar-refractivity contribution in [2.75, 3.05) is 75.1 Å². The van der Waals surface area contributed by atoms with E-state index in [-0.39, 0.29) is 96.0 Å². The Bertz CT molecular complexity index is 2800. The minimum Gasteiger partial charge on any atom is -0.545 e. The third-order valence-electron chi connectivity index (χ3n) is 9.26. The number of aromatic nitrogens is 4. The van der Waals surface area contributed by atoms with E-state index in [0.717, 1.165) is 6.20 Å². The molecule has 4 heterocycles. The Labute approximate surface area is 424 Å². The second-order valence-electron chi connectivity index (χ2n) is 14.6. The van der Waals surface area contributed by atoms with E-state index in [1.165, 1.54) is 73.2 Å². The summed E-state index contributed by atoms with van der Waals surface area (Å²) in [6.07, 6.45) is 5.35. The molecule has 0 spiro atoms. The summed E-state index contributed by atoms with van der Waals surface area (Å²) in [5.74, 6) is -2.45. The fraction of sp³-hybridized carbons (Fsp3) is 0.261. The Hall–Kier alpha value is -6.38. The summed E-state index contributed by atoms with van der Waals surface area (Å²) in [4.78, 5) is 65.7. The number of aromatic carboxylic acids is 1. The first-order valence-electron chi connectivity index (χ1n) is 19.8. The number of benzene rings is 2. The summed E-state index contributed by atoms with van der Waals surface area (Å²) in [6, 6.07) is 12.4. The molecule has 372 valence electrons. The van der Waals surface area contributed by atoms with Crippen molar-refractivity contribution in [3.63, 3.8) is 0 Å². The van der Waals surface area contributed by atoms with Crippen LogP contribution in [0.15, 0.2) is 95.0 Å². The Morgan fingerprint density at radius 2 is 1.07 bits per heavy atom. The molecule has 6 aromatic rings. The van der Waals surface area contributed by atoms with Gasteiger partial charge in [-0.1, -0.05) is 38.1 Å². The number of halogens is 4. The smallest absolute Gasteiger partial charge is 0.545 e. The molecule has 0 fully saturated rings. The number of amides is 1. The van der Waals surface area contributed by atoms with Crippen LogP contribution in [0.5, 0.6) is 0 Å². The Kier molecular flexibility index (Phi) is 25.5.